The third kappa shape index (κ3) is 9.58. The standard InChI is InChI=1S/C20H34O3/c1-3-5-7-9-11-20(22)23-19-15-13-17(16-19)12-14-18(21)10-8-6-4-2/h12,14,17,19H,3-11,13,15-16H2,1-2H3. The van der Waals surface area contributed by atoms with Crippen molar-refractivity contribution in [3.8, 4) is 0 Å². The van der Waals surface area contributed by atoms with E-state index in [1.165, 1.54) is 12.8 Å². The largest absolute Gasteiger partial charge is 0.462 e. The van der Waals surface area contributed by atoms with Gasteiger partial charge in [-0.1, -0.05) is 52.0 Å². The number of unbranched alkanes of at least 4 members (excludes halogenated alkanes) is 5. The Morgan fingerprint density at radius 2 is 1.65 bits per heavy atom. The number of ketones is 1. The summed E-state index contributed by atoms with van der Waals surface area (Å²) in [6, 6.07) is 0. The van der Waals surface area contributed by atoms with Gasteiger partial charge in [0.2, 0.25) is 0 Å². The summed E-state index contributed by atoms with van der Waals surface area (Å²) in [7, 11) is 0. The molecule has 3 heteroatoms. The van der Waals surface area contributed by atoms with Crippen LogP contribution in [0.4, 0.5) is 0 Å². The lowest BCUT2D eigenvalue weighted by Gasteiger charge is -2.11. The van der Waals surface area contributed by atoms with Crippen molar-refractivity contribution in [2.45, 2.75) is 97.0 Å². The average molecular weight is 322 g/mol. The molecule has 1 fully saturated rings. The minimum Gasteiger partial charge on any atom is -0.462 e. The minimum atomic E-state index is -0.0497. The highest BCUT2D eigenvalue weighted by Gasteiger charge is 2.25. The van der Waals surface area contributed by atoms with E-state index in [2.05, 4.69) is 13.8 Å². The quantitative estimate of drug-likeness (QED) is 0.275. The van der Waals surface area contributed by atoms with Crippen molar-refractivity contribution in [1.82, 2.24) is 0 Å². The van der Waals surface area contributed by atoms with Crippen LogP contribution in [0, 0.1) is 5.92 Å². The van der Waals surface area contributed by atoms with Crippen LogP contribution in [0.5, 0.6) is 0 Å². The normalized spacial score (nSPS) is 21.0. The van der Waals surface area contributed by atoms with Crippen molar-refractivity contribution in [3.63, 3.8) is 0 Å². The zero-order valence-electron chi connectivity index (χ0n) is 15.0. The molecule has 0 radical (unpaired) electrons. The Bertz CT molecular complexity index is 373. The molecule has 0 N–H and O–H groups in total. The second kappa shape index (κ2) is 12.3. The molecule has 1 aliphatic carbocycles. The predicted octanol–water partition coefficient (Wildman–Crippen LogP) is 5.37. The van der Waals surface area contributed by atoms with Gasteiger partial charge in [0.25, 0.3) is 0 Å². The Labute approximate surface area is 141 Å². The number of rotatable bonds is 12. The summed E-state index contributed by atoms with van der Waals surface area (Å²) < 4.78 is 5.55. The number of ether oxygens (including phenoxy) is 1. The molecule has 23 heavy (non-hydrogen) atoms. The molecule has 0 aromatic rings. The lowest BCUT2D eigenvalue weighted by Crippen LogP contribution is -2.15. The van der Waals surface area contributed by atoms with Gasteiger partial charge in [-0.25, -0.2) is 0 Å². The molecule has 0 aromatic carbocycles. The lowest BCUT2D eigenvalue weighted by molar-refractivity contribution is -0.149. The highest BCUT2D eigenvalue weighted by atomic mass is 16.5. The van der Waals surface area contributed by atoms with Gasteiger partial charge < -0.3 is 4.74 Å². The average Bonchev–Trinajstić information content (AvgIpc) is 2.97. The smallest absolute Gasteiger partial charge is 0.306 e. The van der Waals surface area contributed by atoms with Gasteiger partial charge in [0, 0.05) is 12.8 Å². The van der Waals surface area contributed by atoms with Crippen molar-refractivity contribution in [2.24, 2.45) is 5.92 Å². The molecule has 2 unspecified atom stereocenters. The predicted molar refractivity (Wildman–Crippen MR) is 94.3 cm³/mol. The van der Waals surface area contributed by atoms with Crippen molar-refractivity contribution in [2.75, 3.05) is 0 Å². The van der Waals surface area contributed by atoms with E-state index in [4.69, 9.17) is 4.74 Å². The van der Waals surface area contributed by atoms with Crippen molar-refractivity contribution in [1.29, 1.82) is 0 Å². The molecule has 3 nitrogen and oxygen atoms in total. The number of hydrogen-bond acceptors (Lipinski definition) is 3. The van der Waals surface area contributed by atoms with Gasteiger partial charge in [-0.05, 0) is 44.1 Å². The maximum absolute atomic E-state index is 11.8. The molecule has 2 atom stereocenters. The van der Waals surface area contributed by atoms with E-state index in [9.17, 15) is 9.59 Å². The van der Waals surface area contributed by atoms with Crippen molar-refractivity contribution >= 4 is 11.8 Å². The fourth-order valence-electron chi connectivity index (χ4n) is 3.07. The molecule has 0 heterocycles. The van der Waals surface area contributed by atoms with Crippen molar-refractivity contribution in [3.05, 3.63) is 12.2 Å². The Hall–Kier alpha value is -1.12. The van der Waals surface area contributed by atoms with Gasteiger partial charge in [0.1, 0.15) is 6.10 Å². The van der Waals surface area contributed by atoms with Gasteiger partial charge >= 0.3 is 5.97 Å². The number of carbonyl (C=O) groups excluding carboxylic acids is 2. The first kappa shape index (κ1) is 19.9. The molecular weight excluding hydrogens is 288 g/mol. The minimum absolute atomic E-state index is 0.0497. The number of hydrogen-bond donors (Lipinski definition) is 0. The van der Waals surface area contributed by atoms with Crippen LogP contribution in [-0.2, 0) is 14.3 Å². The molecule has 132 valence electrons. The summed E-state index contributed by atoms with van der Waals surface area (Å²) in [5.41, 5.74) is 0. The van der Waals surface area contributed by atoms with E-state index in [0.29, 0.717) is 18.8 Å². The first-order valence-corrected chi connectivity index (χ1v) is 9.56. The summed E-state index contributed by atoms with van der Waals surface area (Å²) in [5.74, 6) is 0.573. The van der Waals surface area contributed by atoms with Gasteiger partial charge in [-0.2, -0.15) is 0 Å². The molecule has 1 aliphatic rings. The topological polar surface area (TPSA) is 43.4 Å². The third-order valence-electron chi connectivity index (χ3n) is 4.54. The molecule has 1 saturated carbocycles. The Kier molecular flexibility index (Phi) is 10.7. The zero-order valence-corrected chi connectivity index (χ0v) is 15.0. The lowest BCUT2D eigenvalue weighted by atomic mass is 10.1. The Morgan fingerprint density at radius 3 is 2.39 bits per heavy atom. The summed E-state index contributed by atoms with van der Waals surface area (Å²) in [6.45, 7) is 4.31. The van der Waals surface area contributed by atoms with Gasteiger partial charge in [0.15, 0.2) is 5.78 Å². The van der Waals surface area contributed by atoms with Crippen LogP contribution >= 0.6 is 0 Å². The van der Waals surface area contributed by atoms with Gasteiger partial charge in [-0.15, -0.1) is 0 Å². The van der Waals surface area contributed by atoms with E-state index in [-0.39, 0.29) is 17.9 Å². The van der Waals surface area contributed by atoms with Crippen LogP contribution in [0.2, 0.25) is 0 Å². The Balaban J connectivity index is 2.16. The van der Waals surface area contributed by atoms with Gasteiger partial charge in [0.05, 0.1) is 0 Å². The van der Waals surface area contributed by atoms with Gasteiger partial charge in [-0.3, -0.25) is 9.59 Å². The maximum Gasteiger partial charge on any atom is 0.306 e. The molecule has 0 aliphatic heterocycles. The van der Waals surface area contributed by atoms with Crippen LogP contribution in [0.15, 0.2) is 12.2 Å². The summed E-state index contributed by atoms with van der Waals surface area (Å²) in [4.78, 5) is 23.5. The molecule has 0 amide bonds. The highest BCUT2D eigenvalue weighted by molar-refractivity contribution is 5.89. The van der Waals surface area contributed by atoms with E-state index in [1.54, 1.807) is 6.08 Å². The fourth-order valence-corrected chi connectivity index (χ4v) is 3.07. The van der Waals surface area contributed by atoms with E-state index >= 15 is 0 Å². The van der Waals surface area contributed by atoms with Crippen molar-refractivity contribution < 1.29 is 14.3 Å². The van der Waals surface area contributed by atoms with E-state index in [0.717, 1.165) is 51.4 Å². The van der Waals surface area contributed by atoms with Crippen LogP contribution in [0.1, 0.15) is 90.9 Å². The molecule has 0 spiro atoms. The number of esters is 1. The first-order valence-electron chi connectivity index (χ1n) is 9.56. The number of allylic oxidation sites excluding steroid dienone is 2. The maximum atomic E-state index is 11.8. The number of carbonyl (C=O) groups is 2. The van der Waals surface area contributed by atoms with Crippen LogP contribution in [0.25, 0.3) is 0 Å². The second-order valence-corrected chi connectivity index (χ2v) is 6.78. The third-order valence-corrected chi connectivity index (χ3v) is 4.54. The van der Waals surface area contributed by atoms with Crippen LogP contribution < -0.4 is 0 Å². The summed E-state index contributed by atoms with van der Waals surface area (Å²) >= 11 is 0. The summed E-state index contributed by atoms with van der Waals surface area (Å²) in [6.07, 6.45) is 15.5. The summed E-state index contributed by atoms with van der Waals surface area (Å²) in [5, 5.41) is 0. The van der Waals surface area contributed by atoms with Crippen LogP contribution in [-0.4, -0.2) is 17.9 Å². The Morgan fingerprint density at radius 1 is 0.957 bits per heavy atom. The molecule has 1 rings (SSSR count). The zero-order chi connectivity index (χ0) is 16.9. The van der Waals surface area contributed by atoms with Crippen LogP contribution in [0.3, 0.4) is 0 Å². The van der Waals surface area contributed by atoms with E-state index < -0.39 is 0 Å². The highest BCUT2D eigenvalue weighted by Crippen LogP contribution is 2.29. The molecule has 0 bridgehead atoms. The van der Waals surface area contributed by atoms with E-state index in [1.807, 2.05) is 6.08 Å². The SMILES string of the molecule is CCCCCCC(=O)OC1CCC(C=CC(=O)CCCCC)C1. The second-order valence-electron chi connectivity index (χ2n) is 6.78. The molecule has 0 saturated heterocycles. The fraction of sp³-hybridized carbons (Fsp3) is 0.800. The first-order chi connectivity index (χ1) is 11.2. The monoisotopic (exact) mass is 322 g/mol. The molecule has 0 aromatic heterocycles. The molecular formula is C20H34O3.